The van der Waals surface area contributed by atoms with E-state index in [9.17, 15) is 28.8 Å². The second kappa shape index (κ2) is 16.6. The van der Waals surface area contributed by atoms with Crippen molar-refractivity contribution in [2.24, 2.45) is 11.3 Å². The van der Waals surface area contributed by atoms with E-state index in [-0.39, 0.29) is 5.92 Å². The molecule has 0 bridgehead atoms. The number of benzene rings is 2. The molecule has 2 aromatic rings. The van der Waals surface area contributed by atoms with Crippen molar-refractivity contribution < 1.29 is 47.7 Å². The standard InChI is InChI=1S/C37H50N2O10/c1-22(2)29(38-33(44)48-36(6,7)8)31(42)46-20-27(40)25-16-12-23(13-17-25)24-14-18-26(19-15-24)28(41)21-47-32(43)30(35(3,4)5)39-34(45)49-37(9,10)11/h12-19,22,29-30H,20-21H2,1-11H3,(H,38,44)(H,39,45). The summed E-state index contributed by atoms with van der Waals surface area (Å²) in [5.41, 5.74) is -0.0332. The Kier molecular flexibility index (Phi) is 13.7. The van der Waals surface area contributed by atoms with Gasteiger partial charge < -0.3 is 29.6 Å². The molecular weight excluding hydrogens is 632 g/mol. The van der Waals surface area contributed by atoms with Crippen LogP contribution in [0.3, 0.4) is 0 Å². The Morgan fingerprint density at radius 1 is 0.571 bits per heavy atom. The van der Waals surface area contributed by atoms with Crippen LogP contribution in [0, 0.1) is 11.3 Å². The summed E-state index contributed by atoms with van der Waals surface area (Å²) in [6.07, 6.45) is -1.53. The zero-order valence-electron chi connectivity index (χ0n) is 30.3. The van der Waals surface area contributed by atoms with E-state index >= 15 is 0 Å². The Balaban J connectivity index is 1.97. The van der Waals surface area contributed by atoms with E-state index in [4.69, 9.17) is 18.9 Å². The molecule has 0 aromatic heterocycles. The van der Waals surface area contributed by atoms with E-state index in [1.807, 2.05) is 0 Å². The molecule has 2 rings (SSSR count). The smallest absolute Gasteiger partial charge is 0.408 e. The fraction of sp³-hybridized carbons (Fsp3) is 0.514. The minimum absolute atomic E-state index is 0.306. The summed E-state index contributed by atoms with van der Waals surface area (Å²) >= 11 is 0. The predicted molar refractivity (Wildman–Crippen MR) is 183 cm³/mol. The van der Waals surface area contributed by atoms with Gasteiger partial charge in [0, 0.05) is 11.1 Å². The number of carbonyl (C=O) groups excluding carboxylic acids is 6. The average Bonchev–Trinajstić information content (AvgIpc) is 2.97. The molecule has 0 aliphatic heterocycles. The van der Waals surface area contributed by atoms with Gasteiger partial charge in [-0.25, -0.2) is 19.2 Å². The van der Waals surface area contributed by atoms with E-state index in [1.54, 1.807) is 125 Å². The van der Waals surface area contributed by atoms with Gasteiger partial charge >= 0.3 is 24.1 Å². The highest BCUT2D eigenvalue weighted by Crippen LogP contribution is 2.23. The van der Waals surface area contributed by atoms with E-state index in [0.717, 1.165) is 11.1 Å². The highest BCUT2D eigenvalue weighted by molar-refractivity contribution is 5.99. The summed E-state index contributed by atoms with van der Waals surface area (Å²) in [7, 11) is 0. The van der Waals surface area contributed by atoms with E-state index in [2.05, 4.69) is 10.6 Å². The van der Waals surface area contributed by atoms with Crippen LogP contribution in [0.4, 0.5) is 9.59 Å². The Hall–Kier alpha value is -4.74. The highest BCUT2D eigenvalue weighted by Gasteiger charge is 2.36. The number of hydrogen-bond donors (Lipinski definition) is 2. The van der Waals surface area contributed by atoms with Gasteiger partial charge in [0.15, 0.2) is 24.8 Å². The van der Waals surface area contributed by atoms with Crippen molar-refractivity contribution >= 4 is 35.7 Å². The molecule has 49 heavy (non-hydrogen) atoms. The van der Waals surface area contributed by atoms with Crippen molar-refractivity contribution in [1.82, 2.24) is 10.6 Å². The molecule has 268 valence electrons. The van der Waals surface area contributed by atoms with Crippen LogP contribution < -0.4 is 10.6 Å². The first kappa shape index (κ1) is 40.4. The largest absolute Gasteiger partial charge is 0.456 e. The van der Waals surface area contributed by atoms with Crippen LogP contribution in [0.25, 0.3) is 11.1 Å². The number of hydrogen-bond acceptors (Lipinski definition) is 10. The maximum Gasteiger partial charge on any atom is 0.408 e. The summed E-state index contributed by atoms with van der Waals surface area (Å²) in [6, 6.07) is 11.2. The van der Waals surface area contributed by atoms with Crippen molar-refractivity contribution in [2.45, 2.75) is 99.4 Å². The molecule has 2 atom stereocenters. The van der Waals surface area contributed by atoms with Crippen LogP contribution in [-0.4, -0.2) is 72.2 Å². The van der Waals surface area contributed by atoms with Crippen LogP contribution in [-0.2, 0) is 28.5 Å². The molecule has 12 nitrogen and oxygen atoms in total. The SMILES string of the molecule is CC(C)C(NC(=O)OC(C)(C)C)C(=O)OCC(=O)c1ccc(-c2ccc(C(=O)COC(=O)C(NC(=O)OC(C)(C)C)C(C)(C)C)cc2)cc1. The second-order valence-corrected chi connectivity index (χ2v) is 15.0. The number of carbonyl (C=O) groups is 6. The van der Waals surface area contributed by atoms with Crippen LogP contribution >= 0.6 is 0 Å². The molecule has 0 saturated heterocycles. The number of esters is 2. The highest BCUT2D eigenvalue weighted by atomic mass is 16.6. The summed E-state index contributed by atoms with van der Waals surface area (Å²) in [4.78, 5) is 75.5. The third kappa shape index (κ3) is 13.7. The van der Waals surface area contributed by atoms with Gasteiger partial charge in [0.1, 0.15) is 23.3 Å². The zero-order valence-corrected chi connectivity index (χ0v) is 30.3. The van der Waals surface area contributed by atoms with Gasteiger partial charge in [-0.2, -0.15) is 0 Å². The zero-order chi connectivity index (χ0) is 37.3. The first-order valence-corrected chi connectivity index (χ1v) is 16.1. The summed E-state index contributed by atoms with van der Waals surface area (Å²) in [6.45, 7) is 17.9. The molecule has 0 aliphatic carbocycles. The number of rotatable bonds is 12. The Bertz CT molecular complexity index is 1490. The quantitative estimate of drug-likeness (QED) is 0.148. The number of alkyl carbamates (subject to hydrolysis) is 2. The third-order valence-electron chi connectivity index (χ3n) is 6.79. The van der Waals surface area contributed by atoms with Crippen molar-refractivity contribution in [2.75, 3.05) is 13.2 Å². The maximum absolute atomic E-state index is 12.8. The minimum Gasteiger partial charge on any atom is -0.456 e. The molecule has 0 fully saturated rings. The molecule has 0 spiro atoms. The molecule has 2 unspecified atom stereocenters. The molecule has 12 heteroatoms. The van der Waals surface area contributed by atoms with E-state index in [0.29, 0.717) is 11.1 Å². The second-order valence-electron chi connectivity index (χ2n) is 15.0. The Morgan fingerprint density at radius 3 is 1.29 bits per heavy atom. The van der Waals surface area contributed by atoms with Crippen molar-refractivity contribution in [3.05, 3.63) is 59.7 Å². The molecule has 0 heterocycles. The summed E-state index contributed by atoms with van der Waals surface area (Å²) in [5, 5.41) is 5.04. The van der Waals surface area contributed by atoms with Gasteiger partial charge in [-0.3, -0.25) is 9.59 Å². The number of ether oxygens (including phenoxy) is 4. The molecule has 0 saturated carbocycles. The first-order valence-electron chi connectivity index (χ1n) is 16.1. The van der Waals surface area contributed by atoms with Crippen molar-refractivity contribution in [3.63, 3.8) is 0 Å². The van der Waals surface area contributed by atoms with Gasteiger partial charge in [0.2, 0.25) is 0 Å². The van der Waals surface area contributed by atoms with Gasteiger partial charge in [0.05, 0.1) is 0 Å². The predicted octanol–water partition coefficient (Wildman–Crippen LogP) is 6.29. The number of Topliss-reactive ketones (excluding diaryl/α,β-unsaturated/α-hetero) is 2. The number of ketones is 2. The van der Waals surface area contributed by atoms with Crippen LogP contribution in [0.15, 0.2) is 48.5 Å². The van der Waals surface area contributed by atoms with Gasteiger partial charge in [0.25, 0.3) is 0 Å². The molecule has 2 amide bonds. The topological polar surface area (TPSA) is 163 Å². The van der Waals surface area contributed by atoms with E-state index < -0.39 is 77.6 Å². The molecule has 0 radical (unpaired) electrons. The summed E-state index contributed by atoms with van der Waals surface area (Å²) < 4.78 is 21.0. The average molecular weight is 683 g/mol. The number of nitrogens with one attached hydrogen (secondary N) is 2. The van der Waals surface area contributed by atoms with Gasteiger partial charge in [-0.1, -0.05) is 83.1 Å². The molecule has 2 N–H and O–H groups in total. The molecular formula is C37H50N2O10. The van der Waals surface area contributed by atoms with Crippen LogP contribution in [0.2, 0.25) is 0 Å². The summed E-state index contributed by atoms with van der Waals surface area (Å²) in [5.74, 6) is -2.67. The lowest BCUT2D eigenvalue weighted by molar-refractivity contribution is -0.148. The normalized spacial score (nSPS) is 13.1. The minimum atomic E-state index is -1.04. The lowest BCUT2D eigenvalue weighted by Crippen LogP contribution is -2.51. The Morgan fingerprint density at radius 2 is 0.939 bits per heavy atom. The Labute approximate surface area is 288 Å². The lowest BCUT2D eigenvalue weighted by atomic mass is 9.87. The number of amides is 2. The van der Waals surface area contributed by atoms with Crippen LogP contribution in [0.1, 0.15) is 96.9 Å². The van der Waals surface area contributed by atoms with Crippen molar-refractivity contribution in [1.29, 1.82) is 0 Å². The lowest BCUT2D eigenvalue weighted by Gasteiger charge is -2.30. The maximum atomic E-state index is 12.8. The van der Waals surface area contributed by atoms with Crippen molar-refractivity contribution in [3.8, 4) is 11.1 Å². The van der Waals surface area contributed by atoms with Gasteiger partial charge in [-0.05, 0) is 64.0 Å². The fourth-order valence-electron chi connectivity index (χ4n) is 4.30. The van der Waals surface area contributed by atoms with Crippen LogP contribution in [0.5, 0.6) is 0 Å². The molecule has 0 aliphatic rings. The van der Waals surface area contributed by atoms with E-state index in [1.165, 1.54) is 0 Å². The first-order chi connectivity index (χ1) is 22.5. The van der Waals surface area contributed by atoms with Gasteiger partial charge in [-0.15, -0.1) is 0 Å². The fourth-order valence-corrected chi connectivity index (χ4v) is 4.30. The third-order valence-corrected chi connectivity index (χ3v) is 6.79. The monoisotopic (exact) mass is 682 g/mol. The molecule has 2 aromatic carbocycles.